The van der Waals surface area contributed by atoms with Crippen LogP contribution >= 0.6 is 11.8 Å². The van der Waals surface area contributed by atoms with E-state index in [1.165, 1.54) is 0 Å². The molecule has 0 heterocycles. The highest BCUT2D eigenvalue weighted by atomic mass is 32.2. The lowest BCUT2D eigenvalue weighted by Gasteiger charge is -2.23. The van der Waals surface area contributed by atoms with Gasteiger partial charge >= 0.3 is 0 Å². The van der Waals surface area contributed by atoms with Gasteiger partial charge in [0.2, 0.25) is 0 Å². The van der Waals surface area contributed by atoms with Crippen molar-refractivity contribution in [1.29, 1.82) is 0 Å². The van der Waals surface area contributed by atoms with Crippen LogP contribution in [0.4, 0.5) is 0 Å². The van der Waals surface area contributed by atoms with Gasteiger partial charge in [0.15, 0.2) is 0 Å². The number of hydrogen-bond donors (Lipinski definition) is 3. The Morgan fingerprint density at radius 2 is 2.00 bits per heavy atom. The molecule has 0 saturated heterocycles. The smallest absolute Gasteiger partial charge is 0.0603 e. The molecule has 0 bridgehead atoms. The van der Waals surface area contributed by atoms with Crippen molar-refractivity contribution in [1.82, 2.24) is 5.32 Å². The summed E-state index contributed by atoms with van der Waals surface area (Å²) in [5.74, 6) is 0. The molecule has 2 unspecified atom stereocenters. The van der Waals surface area contributed by atoms with Gasteiger partial charge in [-0.05, 0) is 40.0 Å². The van der Waals surface area contributed by atoms with E-state index >= 15 is 0 Å². The molecule has 0 rings (SSSR count). The second-order valence-electron chi connectivity index (χ2n) is 4.26. The average molecular weight is 221 g/mol. The van der Waals surface area contributed by atoms with Crippen LogP contribution in [0, 0.1) is 0 Å². The first-order chi connectivity index (χ1) is 6.40. The van der Waals surface area contributed by atoms with Crippen LogP contribution < -0.4 is 5.32 Å². The van der Waals surface area contributed by atoms with Gasteiger partial charge < -0.3 is 15.5 Å². The molecule has 4 heteroatoms. The maximum absolute atomic E-state index is 9.49. The lowest BCUT2D eigenvalue weighted by molar-refractivity contribution is 0.0703. The van der Waals surface area contributed by atoms with E-state index in [-0.39, 0.29) is 17.9 Å². The minimum absolute atomic E-state index is 0.192. The second-order valence-corrected chi connectivity index (χ2v) is 5.34. The Labute approximate surface area is 91.3 Å². The minimum Gasteiger partial charge on any atom is -0.395 e. The number of aliphatic hydroxyl groups excluding tert-OH is 1. The SMILES string of the molecule is CSC(CO)C(C)NCCC(C)(C)O. The Hall–Kier alpha value is 0.230. The summed E-state index contributed by atoms with van der Waals surface area (Å²) in [6, 6.07) is 0.275. The Bertz CT molecular complexity index is 144. The van der Waals surface area contributed by atoms with Crippen molar-refractivity contribution < 1.29 is 10.2 Å². The first-order valence-electron chi connectivity index (χ1n) is 5.00. The summed E-state index contributed by atoms with van der Waals surface area (Å²) in [6.45, 7) is 6.64. The van der Waals surface area contributed by atoms with Crippen LogP contribution in [0.3, 0.4) is 0 Å². The molecule has 0 spiro atoms. The summed E-state index contributed by atoms with van der Waals surface area (Å²) in [7, 11) is 0. The Morgan fingerprint density at radius 1 is 1.43 bits per heavy atom. The van der Waals surface area contributed by atoms with Gasteiger partial charge in [0.05, 0.1) is 12.2 Å². The van der Waals surface area contributed by atoms with Crippen molar-refractivity contribution >= 4 is 11.8 Å². The van der Waals surface area contributed by atoms with Gasteiger partial charge in [-0.15, -0.1) is 0 Å². The molecule has 0 aliphatic carbocycles. The van der Waals surface area contributed by atoms with Crippen molar-refractivity contribution in [2.75, 3.05) is 19.4 Å². The first kappa shape index (κ1) is 14.2. The zero-order valence-corrected chi connectivity index (χ0v) is 10.4. The molecule has 0 saturated carbocycles. The van der Waals surface area contributed by atoms with Crippen LogP contribution in [0.25, 0.3) is 0 Å². The molecule has 0 fully saturated rings. The van der Waals surface area contributed by atoms with E-state index in [2.05, 4.69) is 12.2 Å². The highest BCUT2D eigenvalue weighted by Crippen LogP contribution is 2.11. The van der Waals surface area contributed by atoms with E-state index < -0.39 is 5.60 Å². The van der Waals surface area contributed by atoms with Crippen molar-refractivity contribution in [3.63, 3.8) is 0 Å². The summed E-state index contributed by atoms with van der Waals surface area (Å²) in [4.78, 5) is 0. The van der Waals surface area contributed by atoms with Gasteiger partial charge in [-0.2, -0.15) is 11.8 Å². The molecule has 0 aliphatic rings. The Balaban J connectivity index is 3.67. The lowest BCUT2D eigenvalue weighted by atomic mass is 10.1. The number of aliphatic hydroxyl groups is 2. The molecule has 0 aliphatic heterocycles. The van der Waals surface area contributed by atoms with Crippen LogP contribution in [-0.2, 0) is 0 Å². The zero-order valence-electron chi connectivity index (χ0n) is 9.58. The number of hydrogen-bond acceptors (Lipinski definition) is 4. The topological polar surface area (TPSA) is 52.5 Å². The molecule has 14 heavy (non-hydrogen) atoms. The van der Waals surface area contributed by atoms with Gasteiger partial charge in [0.25, 0.3) is 0 Å². The molecule has 0 aromatic carbocycles. The van der Waals surface area contributed by atoms with Crippen molar-refractivity contribution in [3.8, 4) is 0 Å². The van der Waals surface area contributed by atoms with E-state index in [9.17, 15) is 5.11 Å². The monoisotopic (exact) mass is 221 g/mol. The third kappa shape index (κ3) is 6.65. The zero-order chi connectivity index (χ0) is 11.2. The third-order valence-corrected chi connectivity index (χ3v) is 3.41. The Kier molecular flexibility index (Phi) is 6.78. The summed E-state index contributed by atoms with van der Waals surface area (Å²) in [5.41, 5.74) is -0.610. The molecule has 0 aromatic rings. The summed E-state index contributed by atoms with van der Waals surface area (Å²) >= 11 is 1.66. The maximum Gasteiger partial charge on any atom is 0.0603 e. The predicted molar refractivity (Wildman–Crippen MR) is 62.8 cm³/mol. The van der Waals surface area contributed by atoms with Gasteiger partial charge in [0.1, 0.15) is 0 Å². The predicted octanol–water partition coefficient (Wildman–Crippen LogP) is 0.849. The van der Waals surface area contributed by atoms with Crippen LogP contribution in [0.15, 0.2) is 0 Å². The maximum atomic E-state index is 9.49. The normalized spacial score (nSPS) is 16.7. The van der Waals surface area contributed by atoms with Crippen molar-refractivity contribution in [2.45, 2.75) is 44.1 Å². The first-order valence-corrected chi connectivity index (χ1v) is 6.29. The largest absolute Gasteiger partial charge is 0.395 e. The van der Waals surface area contributed by atoms with Gasteiger partial charge in [0, 0.05) is 11.3 Å². The van der Waals surface area contributed by atoms with E-state index in [0.717, 1.165) is 13.0 Å². The quantitative estimate of drug-likeness (QED) is 0.596. The highest BCUT2D eigenvalue weighted by molar-refractivity contribution is 7.99. The van der Waals surface area contributed by atoms with Crippen molar-refractivity contribution in [2.24, 2.45) is 0 Å². The van der Waals surface area contributed by atoms with Crippen molar-refractivity contribution in [3.05, 3.63) is 0 Å². The van der Waals surface area contributed by atoms with E-state index in [1.807, 2.05) is 6.26 Å². The number of nitrogens with one attached hydrogen (secondary N) is 1. The summed E-state index contributed by atoms with van der Waals surface area (Å²) < 4.78 is 0. The molecule has 3 nitrogen and oxygen atoms in total. The molecule has 0 amide bonds. The standard InChI is InChI=1S/C10H23NO2S/c1-8(9(7-12)14-4)11-6-5-10(2,3)13/h8-9,11-13H,5-7H2,1-4H3. The fraction of sp³-hybridized carbons (Fsp3) is 1.00. The molecule has 0 radical (unpaired) electrons. The van der Waals surface area contributed by atoms with Gasteiger partial charge in [-0.3, -0.25) is 0 Å². The summed E-state index contributed by atoms with van der Waals surface area (Å²) in [5, 5.41) is 22.1. The fourth-order valence-electron chi connectivity index (χ4n) is 1.17. The van der Waals surface area contributed by atoms with E-state index in [0.29, 0.717) is 0 Å². The van der Waals surface area contributed by atoms with Gasteiger partial charge in [-0.25, -0.2) is 0 Å². The second kappa shape index (κ2) is 6.67. The third-order valence-electron chi connectivity index (χ3n) is 2.24. The van der Waals surface area contributed by atoms with Crippen LogP contribution in [-0.4, -0.2) is 46.5 Å². The molecular formula is C10H23NO2S. The van der Waals surface area contributed by atoms with Crippen LogP contribution in [0.2, 0.25) is 0 Å². The Morgan fingerprint density at radius 3 is 2.36 bits per heavy atom. The highest BCUT2D eigenvalue weighted by Gasteiger charge is 2.16. The lowest BCUT2D eigenvalue weighted by Crippen LogP contribution is -2.39. The average Bonchev–Trinajstić information content (AvgIpc) is 2.04. The van der Waals surface area contributed by atoms with Crippen LogP contribution in [0.5, 0.6) is 0 Å². The number of rotatable bonds is 7. The molecule has 3 N–H and O–H groups in total. The van der Waals surface area contributed by atoms with Crippen LogP contribution in [0.1, 0.15) is 27.2 Å². The number of thioether (sulfide) groups is 1. The molecule has 2 atom stereocenters. The van der Waals surface area contributed by atoms with Gasteiger partial charge in [-0.1, -0.05) is 0 Å². The molecular weight excluding hydrogens is 198 g/mol. The van der Waals surface area contributed by atoms with E-state index in [4.69, 9.17) is 5.11 Å². The summed E-state index contributed by atoms with van der Waals surface area (Å²) in [6.07, 6.45) is 2.72. The molecule has 0 aromatic heterocycles. The van der Waals surface area contributed by atoms with E-state index in [1.54, 1.807) is 25.6 Å². The molecule has 86 valence electrons. The fourth-order valence-corrected chi connectivity index (χ4v) is 1.83. The minimum atomic E-state index is -0.610.